The van der Waals surface area contributed by atoms with E-state index in [0.29, 0.717) is 0 Å². The number of pyridine rings is 1. The highest BCUT2D eigenvalue weighted by Gasteiger charge is 2.22. The first-order valence-corrected chi connectivity index (χ1v) is 12.2. The summed E-state index contributed by atoms with van der Waals surface area (Å²) >= 11 is 0. The van der Waals surface area contributed by atoms with Gasteiger partial charge in [-0.25, -0.2) is 0 Å². The van der Waals surface area contributed by atoms with Crippen LogP contribution in [-0.4, -0.2) is 39.4 Å². The van der Waals surface area contributed by atoms with Crippen LogP contribution in [0.2, 0.25) is 0 Å². The summed E-state index contributed by atoms with van der Waals surface area (Å²) in [4.78, 5) is 11.7. The van der Waals surface area contributed by atoms with E-state index >= 15 is 0 Å². The third kappa shape index (κ3) is 5.31. The molecule has 2 aromatic heterocycles. The maximum Gasteiger partial charge on any atom is 0.308 e. The van der Waals surface area contributed by atoms with Crippen molar-refractivity contribution in [3.05, 3.63) is 84.2 Å². The van der Waals surface area contributed by atoms with Crippen LogP contribution in [0.1, 0.15) is 50.8 Å². The van der Waals surface area contributed by atoms with Crippen molar-refractivity contribution in [2.24, 2.45) is 0 Å². The summed E-state index contributed by atoms with van der Waals surface area (Å²) in [6.07, 6.45) is 3.85. The average Bonchev–Trinajstić information content (AvgIpc) is 3.18. The molecule has 0 aliphatic rings. The van der Waals surface area contributed by atoms with Crippen molar-refractivity contribution in [1.29, 1.82) is 0 Å². The molecule has 4 rings (SSSR count). The Kier molecular flexibility index (Phi) is 7.69. The number of aliphatic hydroxyl groups is 2. The Hall–Kier alpha value is -3.41. The Bertz CT molecular complexity index is 1340. The molecule has 0 amide bonds. The SMILES string of the molecule is CCOC(=O)CC(O)CC(O)/C=C/c1c(-c2ccccc2)c2c3ccccc3ccn2c1C(C)C. The molecule has 5 heteroatoms. The molecule has 182 valence electrons. The Morgan fingerprint density at radius 1 is 1.03 bits per heavy atom. The van der Waals surface area contributed by atoms with Gasteiger partial charge in [-0.2, -0.15) is 0 Å². The monoisotopic (exact) mass is 471 g/mol. The summed E-state index contributed by atoms with van der Waals surface area (Å²) in [7, 11) is 0. The topological polar surface area (TPSA) is 71.2 Å². The number of aliphatic hydroxyl groups excluding tert-OH is 2. The van der Waals surface area contributed by atoms with Crippen LogP contribution in [0.4, 0.5) is 0 Å². The predicted molar refractivity (Wildman–Crippen MR) is 141 cm³/mol. The van der Waals surface area contributed by atoms with Crippen molar-refractivity contribution in [2.75, 3.05) is 6.61 Å². The van der Waals surface area contributed by atoms with Crippen molar-refractivity contribution in [3.63, 3.8) is 0 Å². The van der Waals surface area contributed by atoms with E-state index in [4.69, 9.17) is 4.74 Å². The fourth-order valence-corrected chi connectivity index (χ4v) is 4.77. The fourth-order valence-electron chi connectivity index (χ4n) is 4.77. The zero-order chi connectivity index (χ0) is 24.9. The van der Waals surface area contributed by atoms with Gasteiger partial charge in [0.1, 0.15) is 0 Å². The lowest BCUT2D eigenvalue weighted by molar-refractivity contribution is -0.145. The molecule has 0 spiro atoms. The third-order valence-corrected chi connectivity index (χ3v) is 6.22. The van der Waals surface area contributed by atoms with Gasteiger partial charge >= 0.3 is 5.97 Å². The molecule has 2 aromatic carbocycles. The van der Waals surface area contributed by atoms with Gasteiger partial charge in [0.2, 0.25) is 0 Å². The molecule has 0 fully saturated rings. The van der Waals surface area contributed by atoms with Crippen LogP contribution in [-0.2, 0) is 9.53 Å². The Morgan fingerprint density at radius 3 is 2.46 bits per heavy atom. The van der Waals surface area contributed by atoms with Gasteiger partial charge < -0.3 is 19.4 Å². The number of rotatable bonds is 9. The normalized spacial score (nSPS) is 13.7. The van der Waals surface area contributed by atoms with Crippen LogP contribution >= 0.6 is 0 Å². The van der Waals surface area contributed by atoms with Crippen molar-refractivity contribution in [3.8, 4) is 11.1 Å². The molecule has 2 unspecified atom stereocenters. The predicted octanol–water partition coefficient (Wildman–Crippen LogP) is 5.96. The Morgan fingerprint density at radius 2 is 1.74 bits per heavy atom. The molecule has 0 bridgehead atoms. The molecule has 0 saturated heterocycles. The Labute approximate surface area is 206 Å². The van der Waals surface area contributed by atoms with Gasteiger partial charge in [-0.05, 0) is 29.9 Å². The highest BCUT2D eigenvalue weighted by molar-refractivity contribution is 6.06. The van der Waals surface area contributed by atoms with E-state index in [2.05, 4.69) is 60.8 Å². The second-order valence-electron chi connectivity index (χ2n) is 9.14. The third-order valence-electron chi connectivity index (χ3n) is 6.22. The summed E-state index contributed by atoms with van der Waals surface area (Å²) in [5.41, 5.74) is 5.54. The van der Waals surface area contributed by atoms with Crippen molar-refractivity contribution in [2.45, 2.75) is 51.7 Å². The van der Waals surface area contributed by atoms with Gasteiger partial charge in [-0.1, -0.05) is 80.6 Å². The van der Waals surface area contributed by atoms with Gasteiger partial charge in [0.05, 0.1) is 30.8 Å². The number of nitrogens with zero attached hydrogens (tertiary/aromatic N) is 1. The molecule has 0 saturated carbocycles. The number of fused-ring (bicyclic) bond motifs is 3. The van der Waals surface area contributed by atoms with Crippen molar-refractivity contribution in [1.82, 2.24) is 4.40 Å². The van der Waals surface area contributed by atoms with E-state index in [0.717, 1.165) is 27.9 Å². The molecule has 4 aromatic rings. The number of carbonyl (C=O) groups excluding carboxylic acids is 1. The highest BCUT2D eigenvalue weighted by Crippen LogP contribution is 2.40. The molecule has 5 nitrogen and oxygen atoms in total. The second-order valence-corrected chi connectivity index (χ2v) is 9.14. The lowest BCUT2D eigenvalue weighted by atomic mass is 9.95. The summed E-state index contributed by atoms with van der Waals surface area (Å²) in [6.45, 7) is 6.33. The molecule has 2 atom stereocenters. The van der Waals surface area contributed by atoms with Gasteiger partial charge in [-0.15, -0.1) is 0 Å². The van der Waals surface area contributed by atoms with E-state index < -0.39 is 18.2 Å². The number of hydrogen-bond acceptors (Lipinski definition) is 4. The van der Waals surface area contributed by atoms with Crippen molar-refractivity contribution >= 4 is 28.3 Å². The number of benzene rings is 2. The fraction of sp³-hybridized carbons (Fsp3) is 0.300. The molecule has 2 heterocycles. The molecular formula is C30H33NO4. The maximum absolute atomic E-state index is 11.7. The first kappa shape index (κ1) is 24.7. The first-order valence-electron chi connectivity index (χ1n) is 12.2. The van der Waals surface area contributed by atoms with Gasteiger partial charge in [-0.3, -0.25) is 4.79 Å². The van der Waals surface area contributed by atoms with E-state index in [1.165, 1.54) is 10.8 Å². The molecule has 0 radical (unpaired) electrons. The number of aromatic nitrogens is 1. The zero-order valence-corrected chi connectivity index (χ0v) is 20.5. The van der Waals surface area contributed by atoms with Crippen LogP contribution < -0.4 is 0 Å². The lowest BCUT2D eigenvalue weighted by Gasteiger charge is -2.13. The van der Waals surface area contributed by atoms with E-state index in [-0.39, 0.29) is 25.4 Å². The van der Waals surface area contributed by atoms with Crippen LogP contribution in [0.15, 0.2) is 72.9 Å². The number of hydrogen-bond donors (Lipinski definition) is 2. The summed E-state index contributed by atoms with van der Waals surface area (Å²) in [6, 6.07) is 20.8. The minimum absolute atomic E-state index is 0.0588. The smallest absolute Gasteiger partial charge is 0.308 e. The standard InChI is InChI=1S/C30H33NO4/c1-4-35-27(34)19-24(33)18-23(32)14-15-26-28(22-11-6-5-7-12-22)30-25-13-9-8-10-21(25)16-17-31(30)29(26)20(2)3/h5-17,20,23-24,32-33H,4,18-19H2,1-3H3/b15-14+. The second kappa shape index (κ2) is 10.9. The van der Waals surface area contributed by atoms with Crippen molar-refractivity contribution < 1.29 is 19.7 Å². The summed E-state index contributed by atoms with van der Waals surface area (Å²) < 4.78 is 7.16. The minimum Gasteiger partial charge on any atom is -0.466 e. The van der Waals surface area contributed by atoms with Crippen LogP contribution in [0.25, 0.3) is 33.5 Å². The quantitative estimate of drug-likeness (QED) is 0.296. The van der Waals surface area contributed by atoms with Crippen LogP contribution in [0, 0.1) is 0 Å². The summed E-state index contributed by atoms with van der Waals surface area (Å²) in [5.74, 6) is -0.234. The summed E-state index contributed by atoms with van der Waals surface area (Å²) in [5, 5.41) is 23.2. The molecule has 35 heavy (non-hydrogen) atoms. The minimum atomic E-state index is -0.969. The number of carbonyl (C=O) groups is 1. The average molecular weight is 472 g/mol. The maximum atomic E-state index is 11.7. The largest absolute Gasteiger partial charge is 0.466 e. The van der Waals surface area contributed by atoms with Gasteiger partial charge in [0.25, 0.3) is 0 Å². The molecular weight excluding hydrogens is 438 g/mol. The molecule has 0 aliphatic heterocycles. The van der Waals surface area contributed by atoms with Gasteiger partial charge in [0, 0.05) is 34.8 Å². The van der Waals surface area contributed by atoms with Gasteiger partial charge in [0.15, 0.2) is 0 Å². The van der Waals surface area contributed by atoms with E-state index in [9.17, 15) is 15.0 Å². The zero-order valence-electron chi connectivity index (χ0n) is 20.5. The molecule has 2 N–H and O–H groups in total. The van der Waals surface area contributed by atoms with Crippen LogP contribution in [0.5, 0.6) is 0 Å². The first-order chi connectivity index (χ1) is 16.9. The highest BCUT2D eigenvalue weighted by atomic mass is 16.5. The molecule has 0 aliphatic carbocycles. The number of ether oxygens (including phenoxy) is 1. The Balaban J connectivity index is 1.81. The number of esters is 1. The van der Waals surface area contributed by atoms with Crippen LogP contribution in [0.3, 0.4) is 0 Å². The van der Waals surface area contributed by atoms with E-state index in [1.54, 1.807) is 13.0 Å². The van der Waals surface area contributed by atoms with E-state index in [1.807, 2.05) is 30.3 Å². The lowest BCUT2D eigenvalue weighted by Crippen LogP contribution is -2.20.